The maximum Gasteiger partial charge on any atom is 0.229 e. The molecule has 96 valence electrons. The molecule has 1 fully saturated rings. The van der Waals surface area contributed by atoms with E-state index in [4.69, 9.17) is 0 Å². The zero-order valence-corrected chi connectivity index (χ0v) is 9.96. The number of rotatable bonds is 3. The van der Waals surface area contributed by atoms with Crippen LogP contribution < -0.4 is 10.4 Å². The van der Waals surface area contributed by atoms with Crippen LogP contribution in [-0.4, -0.2) is 16.9 Å². The van der Waals surface area contributed by atoms with Gasteiger partial charge in [0.25, 0.3) is 0 Å². The van der Waals surface area contributed by atoms with E-state index in [1.807, 2.05) is 0 Å². The summed E-state index contributed by atoms with van der Waals surface area (Å²) in [5, 5.41) is 13.7. The highest BCUT2D eigenvalue weighted by Crippen LogP contribution is 2.30. The number of nitrogens with zero attached hydrogens (tertiary/aromatic N) is 1. The lowest BCUT2D eigenvalue weighted by molar-refractivity contribution is -0.313. The summed E-state index contributed by atoms with van der Waals surface area (Å²) < 4.78 is 0. The Morgan fingerprint density at radius 3 is 2.56 bits per heavy atom. The van der Waals surface area contributed by atoms with Crippen molar-refractivity contribution in [3.63, 3.8) is 0 Å². The second-order valence-electron chi connectivity index (χ2n) is 4.52. The van der Waals surface area contributed by atoms with Gasteiger partial charge >= 0.3 is 0 Å². The number of pyridine rings is 1. The van der Waals surface area contributed by atoms with Crippen LogP contribution in [0.25, 0.3) is 0 Å². The summed E-state index contributed by atoms with van der Waals surface area (Å²) in [5.74, 6) is -2.14. The topological polar surface area (TPSA) is 82.1 Å². The van der Waals surface area contributed by atoms with E-state index in [-0.39, 0.29) is 5.91 Å². The van der Waals surface area contributed by atoms with Crippen LogP contribution in [0.5, 0.6) is 0 Å². The van der Waals surface area contributed by atoms with E-state index >= 15 is 0 Å². The molecule has 1 saturated carbocycles. The van der Waals surface area contributed by atoms with Gasteiger partial charge in [-0.05, 0) is 25.0 Å². The minimum absolute atomic E-state index is 0.275. The number of anilines is 1. The Morgan fingerprint density at radius 2 is 1.94 bits per heavy atom. The van der Waals surface area contributed by atoms with E-state index in [0.29, 0.717) is 18.7 Å². The Bertz CT molecular complexity index is 433. The highest BCUT2D eigenvalue weighted by molar-refractivity contribution is 5.94. The van der Waals surface area contributed by atoms with Crippen LogP contribution in [0.2, 0.25) is 0 Å². The van der Waals surface area contributed by atoms with Gasteiger partial charge in [0.15, 0.2) is 0 Å². The Balaban J connectivity index is 2.05. The van der Waals surface area contributed by atoms with Gasteiger partial charge in [0.1, 0.15) is 5.82 Å². The first-order valence-electron chi connectivity index (χ1n) is 6.11. The molecule has 0 radical (unpaired) electrons. The maximum atomic E-state index is 12.0. The fraction of sp³-hybridized carbons (Fsp3) is 0.462. The van der Waals surface area contributed by atoms with Gasteiger partial charge in [0.05, 0.1) is 0 Å². The van der Waals surface area contributed by atoms with Gasteiger partial charge in [0.2, 0.25) is 5.91 Å². The Labute approximate surface area is 105 Å². The van der Waals surface area contributed by atoms with Gasteiger partial charge in [-0.15, -0.1) is 0 Å². The summed E-state index contributed by atoms with van der Waals surface area (Å²) in [6.07, 6.45) is 4.41. The molecule has 0 saturated heterocycles. The number of aromatic nitrogens is 1. The molecule has 0 spiro atoms. The van der Waals surface area contributed by atoms with E-state index in [1.54, 1.807) is 24.4 Å². The molecule has 0 aromatic carbocycles. The number of carboxylic acid groups (broad SMARTS) is 1. The van der Waals surface area contributed by atoms with Crippen molar-refractivity contribution < 1.29 is 14.7 Å². The van der Waals surface area contributed by atoms with Crippen molar-refractivity contribution in [1.29, 1.82) is 0 Å². The third-order valence-corrected chi connectivity index (χ3v) is 3.32. The van der Waals surface area contributed by atoms with E-state index in [1.165, 1.54) is 0 Å². The van der Waals surface area contributed by atoms with Gasteiger partial charge in [-0.25, -0.2) is 4.98 Å². The van der Waals surface area contributed by atoms with Crippen LogP contribution >= 0.6 is 0 Å². The molecule has 5 heteroatoms. The molecule has 2 atom stereocenters. The van der Waals surface area contributed by atoms with E-state index in [9.17, 15) is 14.7 Å². The third kappa shape index (κ3) is 2.85. The summed E-state index contributed by atoms with van der Waals surface area (Å²) in [5.41, 5.74) is 0. The largest absolute Gasteiger partial charge is 0.550 e. The molecule has 1 aromatic heterocycles. The first-order valence-corrected chi connectivity index (χ1v) is 6.11. The van der Waals surface area contributed by atoms with Gasteiger partial charge in [-0.1, -0.05) is 18.9 Å². The van der Waals surface area contributed by atoms with Crippen LogP contribution in [0.15, 0.2) is 24.4 Å². The van der Waals surface area contributed by atoms with Crippen molar-refractivity contribution in [2.45, 2.75) is 25.7 Å². The summed E-state index contributed by atoms with van der Waals surface area (Å²) in [7, 11) is 0. The van der Waals surface area contributed by atoms with Crippen molar-refractivity contribution in [2.75, 3.05) is 5.32 Å². The van der Waals surface area contributed by atoms with Crippen LogP contribution in [0.3, 0.4) is 0 Å². The lowest BCUT2D eigenvalue weighted by Crippen LogP contribution is -2.42. The quantitative estimate of drug-likeness (QED) is 0.846. The SMILES string of the molecule is O=C([O-])C1CCCCC1C(=O)Nc1ccccn1. The first-order chi connectivity index (χ1) is 8.68. The summed E-state index contributed by atoms with van der Waals surface area (Å²) in [6, 6.07) is 5.19. The predicted molar refractivity (Wildman–Crippen MR) is 63.3 cm³/mol. The summed E-state index contributed by atoms with van der Waals surface area (Å²) in [6.45, 7) is 0. The molecule has 2 unspecified atom stereocenters. The highest BCUT2D eigenvalue weighted by atomic mass is 16.4. The number of carbonyl (C=O) groups excluding carboxylic acids is 2. The smallest absolute Gasteiger partial charge is 0.229 e. The summed E-state index contributed by atoms with van der Waals surface area (Å²) in [4.78, 5) is 27.0. The van der Waals surface area contributed by atoms with Gasteiger partial charge in [-0.2, -0.15) is 0 Å². The number of carbonyl (C=O) groups is 2. The first kappa shape index (κ1) is 12.5. The standard InChI is InChI=1S/C13H16N2O3/c16-12(15-11-7-3-4-8-14-11)9-5-1-2-6-10(9)13(17)18/h3-4,7-10H,1-2,5-6H2,(H,17,18)(H,14,15,16)/p-1. The fourth-order valence-corrected chi connectivity index (χ4v) is 2.38. The van der Waals surface area contributed by atoms with Crippen molar-refractivity contribution in [1.82, 2.24) is 4.98 Å². The maximum absolute atomic E-state index is 12.0. The number of carboxylic acids is 1. The number of nitrogens with one attached hydrogen (secondary N) is 1. The molecule has 1 amide bonds. The third-order valence-electron chi connectivity index (χ3n) is 3.32. The average Bonchev–Trinajstić information content (AvgIpc) is 2.40. The van der Waals surface area contributed by atoms with Gasteiger partial charge in [0, 0.05) is 24.0 Å². The van der Waals surface area contributed by atoms with E-state index in [2.05, 4.69) is 10.3 Å². The minimum atomic E-state index is -1.13. The zero-order chi connectivity index (χ0) is 13.0. The van der Waals surface area contributed by atoms with Crippen molar-refractivity contribution in [3.05, 3.63) is 24.4 Å². The molecule has 18 heavy (non-hydrogen) atoms. The lowest BCUT2D eigenvalue weighted by Gasteiger charge is -2.30. The van der Waals surface area contributed by atoms with E-state index in [0.717, 1.165) is 12.8 Å². The van der Waals surface area contributed by atoms with Crippen molar-refractivity contribution in [2.24, 2.45) is 11.8 Å². The van der Waals surface area contributed by atoms with E-state index < -0.39 is 17.8 Å². The van der Waals surface area contributed by atoms with Crippen molar-refractivity contribution in [3.8, 4) is 0 Å². The molecule has 1 heterocycles. The average molecular weight is 247 g/mol. The van der Waals surface area contributed by atoms with Crippen LogP contribution in [0, 0.1) is 11.8 Å². The molecule has 2 rings (SSSR count). The number of hydrogen-bond acceptors (Lipinski definition) is 4. The van der Waals surface area contributed by atoms with Crippen LogP contribution in [-0.2, 0) is 9.59 Å². The monoisotopic (exact) mass is 247 g/mol. The van der Waals surface area contributed by atoms with Crippen molar-refractivity contribution >= 4 is 17.7 Å². The van der Waals surface area contributed by atoms with Gasteiger partial charge in [-0.3, -0.25) is 4.79 Å². The second kappa shape index (κ2) is 5.62. The highest BCUT2D eigenvalue weighted by Gasteiger charge is 2.31. The molecular formula is C13H15N2O3-. The molecule has 1 aliphatic carbocycles. The molecule has 0 bridgehead atoms. The van der Waals surface area contributed by atoms with Gasteiger partial charge < -0.3 is 15.2 Å². The molecule has 0 aliphatic heterocycles. The summed E-state index contributed by atoms with van der Waals surface area (Å²) >= 11 is 0. The molecule has 5 nitrogen and oxygen atoms in total. The molecule has 1 aliphatic rings. The fourth-order valence-electron chi connectivity index (χ4n) is 2.38. The Morgan fingerprint density at radius 1 is 1.22 bits per heavy atom. The number of hydrogen-bond donors (Lipinski definition) is 1. The Kier molecular flexibility index (Phi) is 3.92. The van der Waals surface area contributed by atoms with Crippen LogP contribution in [0.4, 0.5) is 5.82 Å². The predicted octanol–water partition coefficient (Wildman–Crippen LogP) is 0.576. The molecule has 1 N–H and O–H groups in total. The molecule has 1 aromatic rings. The minimum Gasteiger partial charge on any atom is -0.550 e. The number of aliphatic carboxylic acids is 1. The normalized spacial score (nSPS) is 23.3. The number of amides is 1. The Hall–Kier alpha value is -1.91. The van der Waals surface area contributed by atoms with Crippen LogP contribution in [0.1, 0.15) is 25.7 Å². The zero-order valence-electron chi connectivity index (χ0n) is 9.96. The second-order valence-corrected chi connectivity index (χ2v) is 4.52. The lowest BCUT2D eigenvalue weighted by atomic mass is 9.79. The molecular weight excluding hydrogens is 232 g/mol.